The van der Waals surface area contributed by atoms with E-state index < -0.39 is 6.10 Å². The van der Waals surface area contributed by atoms with E-state index in [2.05, 4.69) is 19.2 Å². The van der Waals surface area contributed by atoms with Crippen LogP contribution in [0.3, 0.4) is 0 Å². The summed E-state index contributed by atoms with van der Waals surface area (Å²) in [6.45, 7) is 5.21. The van der Waals surface area contributed by atoms with E-state index in [1.807, 2.05) is 19.0 Å². The van der Waals surface area contributed by atoms with Crippen molar-refractivity contribution < 1.29 is 9.90 Å². The summed E-state index contributed by atoms with van der Waals surface area (Å²) in [6.07, 6.45) is 0.795. The van der Waals surface area contributed by atoms with Crippen LogP contribution in [0.1, 0.15) is 26.7 Å². The van der Waals surface area contributed by atoms with Crippen LogP contribution in [0.2, 0.25) is 0 Å². The molecule has 0 aliphatic rings. The van der Waals surface area contributed by atoms with Gasteiger partial charge in [0, 0.05) is 19.5 Å². The van der Waals surface area contributed by atoms with Crippen molar-refractivity contribution in [3.63, 3.8) is 0 Å². The SMILES string of the molecule is CC(C)CC(O)CNC(=O)CCN(C)C. The smallest absolute Gasteiger partial charge is 0.221 e. The van der Waals surface area contributed by atoms with E-state index in [0.717, 1.165) is 13.0 Å². The molecule has 1 amide bonds. The van der Waals surface area contributed by atoms with Crippen molar-refractivity contribution in [3.8, 4) is 0 Å². The normalized spacial score (nSPS) is 13.3. The second-order valence-corrected chi connectivity index (χ2v) is 4.64. The van der Waals surface area contributed by atoms with Gasteiger partial charge in [-0.2, -0.15) is 0 Å². The fourth-order valence-corrected chi connectivity index (χ4v) is 1.27. The maximum absolute atomic E-state index is 11.3. The lowest BCUT2D eigenvalue weighted by molar-refractivity contribution is -0.121. The van der Waals surface area contributed by atoms with E-state index in [4.69, 9.17) is 0 Å². The first-order chi connectivity index (χ1) is 6.91. The average Bonchev–Trinajstić information content (AvgIpc) is 2.10. The van der Waals surface area contributed by atoms with E-state index >= 15 is 0 Å². The molecule has 0 saturated carbocycles. The van der Waals surface area contributed by atoms with Crippen LogP contribution < -0.4 is 5.32 Å². The standard InChI is InChI=1S/C11H24N2O2/c1-9(2)7-10(14)8-12-11(15)5-6-13(3)4/h9-10,14H,5-8H2,1-4H3,(H,12,15). The third-order valence-corrected chi connectivity index (χ3v) is 2.06. The van der Waals surface area contributed by atoms with Gasteiger partial charge in [0.25, 0.3) is 0 Å². The van der Waals surface area contributed by atoms with Crippen LogP contribution in [0.15, 0.2) is 0 Å². The van der Waals surface area contributed by atoms with Gasteiger partial charge in [0.15, 0.2) is 0 Å². The highest BCUT2D eigenvalue weighted by Crippen LogP contribution is 2.03. The molecule has 0 radical (unpaired) electrons. The number of hydrogen-bond acceptors (Lipinski definition) is 3. The number of nitrogens with zero attached hydrogens (tertiary/aromatic N) is 1. The first-order valence-corrected chi connectivity index (χ1v) is 5.51. The largest absolute Gasteiger partial charge is 0.391 e. The second kappa shape index (κ2) is 7.65. The van der Waals surface area contributed by atoms with Crippen LogP contribution in [0, 0.1) is 5.92 Å². The molecule has 0 bridgehead atoms. The van der Waals surface area contributed by atoms with Gasteiger partial charge in [0.05, 0.1) is 6.10 Å². The van der Waals surface area contributed by atoms with Crippen molar-refractivity contribution >= 4 is 5.91 Å². The van der Waals surface area contributed by atoms with Crippen LogP contribution >= 0.6 is 0 Å². The predicted molar refractivity (Wildman–Crippen MR) is 61.6 cm³/mol. The first-order valence-electron chi connectivity index (χ1n) is 5.51. The van der Waals surface area contributed by atoms with Gasteiger partial charge in [-0.25, -0.2) is 0 Å². The summed E-state index contributed by atoms with van der Waals surface area (Å²) in [5.74, 6) is 0.463. The van der Waals surface area contributed by atoms with Gasteiger partial charge in [-0.15, -0.1) is 0 Å². The van der Waals surface area contributed by atoms with Gasteiger partial charge >= 0.3 is 0 Å². The zero-order chi connectivity index (χ0) is 11.8. The van der Waals surface area contributed by atoms with Crippen molar-refractivity contribution in [3.05, 3.63) is 0 Å². The Kier molecular flexibility index (Phi) is 7.34. The second-order valence-electron chi connectivity index (χ2n) is 4.64. The molecule has 2 N–H and O–H groups in total. The number of amides is 1. The number of rotatable bonds is 7. The molecule has 0 aromatic carbocycles. The molecular formula is C11H24N2O2. The Morgan fingerprint density at radius 3 is 2.47 bits per heavy atom. The van der Waals surface area contributed by atoms with Gasteiger partial charge in [0.2, 0.25) is 5.91 Å². The molecule has 1 unspecified atom stereocenters. The van der Waals surface area contributed by atoms with Crippen LogP contribution in [-0.2, 0) is 4.79 Å². The minimum Gasteiger partial charge on any atom is -0.391 e. The predicted octanol–water partition coefficient (Wildman–Crippen LogP) is 0.461. The quantitative estimate of drug-likeness (QED) is 0.650. The topological polar surface area (TPSA) is 52.6 Å². The summed E-state index contributed by atoms with van der Waals surface area (Å²) in [4.78, 5) is 13.3. The highest BCUT2D eigenvalue weighted by molar-refractivity contribution is 5.76. The summed E-state index contributed by atoms with van der Waals surface area (Å²) in [6, 6.07) is 0. The van der Waals surface area contributed by atoms with Crippen molar-refractivity contribution in [2.75, 3.05) is 27.2 Å². The summed E-state index contributed by atoms with van der Waals surface area (Å²) in [5.41, 5.74) is 0. The maximum atomic E-state index is 11.3. The summed E-state index contributed by atoms with van der Waals surface area (Å²) < 4.78 is 0. The lowest BCUT2D eigenvalue weighted by Crippen LogP contribution is -2.34. The monoisotopic (exact) mass is 216 g/mol. The first kappa shape index (κ1) is 14.4. The van der Waals surface area contributed by atoms with E-state index in [1.54, 1.807) is 0 Å². The van der Waals surface area contributed by atoms with Gasteiger partial charge in [-0.1, -0.05) is 13.8 Å². The molecule has 1 atom stereocenters. The third-order valence-electron chi connectivity index (χ3n) is 2.06. The molecule has 0 heterocycles. The summed E-state index contributed by atoms with van der Waals surface area (Å²) >= 11 is 0. The minimum atomic E-state index is -0.423. The van der Waals surface area contributed by atoms with E-state index in [0.29, 0.717) is 18.9 Å². The van der Waals surface area contributed by atoms with E-state index in [-0.39, 0.29) is 5.91 Å². The molecule has 4 heteroatoms. The number of nitrogens with one attached hydrogen (secondary N) is 1. The summed E-state index contributed by atoms with van der Waals surface area (Å²) in [5, 5.41) is 12.2. The Morgan fingerprint density at radius 2 is 2.00 bits per heavy atom. The Bertz CT molecular complexity index is 181. The highest BCUT2D eigenvalue weighted by Gasteiger charge is 2.08. The van der Waals surface area contributed by atoms with Crippen LogP contribution in [0.25, 0.3) is 0 Å². The molecule has 0 aliphatic carbocycles. The molecule has 0 aliphatic heterocycles. The van der Waals surface area contributed by atoms with Gasteiger partial charge < -0.3 is 15.3 Å². The fourth-order valence-electron chi connectivity index (χ4n) is 1.27. The Morgan fingerprint density at radius 1 is 1.40 bits per heavy atom. The van der Waals surface area contributed by atoms with Crippen LogP contribution in [-0.4, -0.2) is 49.2 Å². The van der Waals surface area contributed by atoms with Crippen molar-refractivity contribution in [1.82, 2.24) is 10.2 Å². The van der Waals surface area contributed by atoms with Crippen molar-refractivity contribution in [1.29, 1.82) is 0 Å². The summed E-state index contributed by atoms with van der Waals surface area (Å²) in [7, 11) is 3.86. The fraction of sp³-hybridized carbons (Fsp3) is 0.909. The molecule has 90 valence electrons. The maximum Gasteiger partial charge on any atom is 0.221 e. The minimum absolute atomic E-state index is 0.00602. The Labute approximate surface area is 92.7 Å². The van der Waals surface area contributed by atoms with E-state index in [1.165, 1.54) is 0 Å². The lowest BCUT2D eigenvalue weighted by atomic mass is 10.1. The Balaban J connectivity index is 3.53. The molecule has 15 heavy (non-hydrogen) atoms. The number of carbonyl (C=O) groups excluding carboxylic acids is 1. The molecule has 0 aromatic rings. The lowest BCUT2D eigenvalue weighted by Gasteiger charge is -2.14. The Hall–Kier alpha value is -0.610. The molecule has 0 saturated heterocycles. The zero-order valence-corrected chi connectivity index (χ0v) is 10.3. The van der Waals surface area contributed by atoms with Crippen LogP contribution in [0.5, 0.6) is 0 Å². The van der Waals surface area contributed by atoms with Crippen LogP contribution in [0.4, 0.5) is 0 Å². The zero-order valence-electron chi connectivity index (χ0n) is 10.3. The van der Waals surface area contributed by atoms with Gasteiger partial charge in [-0.3, -0.25) is 4.79 Å². The molecule has 0 fully saturated rings. The third kappa shape index (κ3) is 9.69. The van der Waals surface area contributed by atoms with Gasteiger partial charge in [0.1, 0.15) is 0 Å². The molecule has 0 spiro atoms. The molecular weight excluding hydrogens is 192 g/mol. The number of aliphatic hydroxyl groups is 1. The van der Waals surface area contributed by atoms with Crippen molar-refractivity contribution in [2.24, 2.45) is 5.92 Å². The average molecular weight is 216 g/mol. The number of aliphatic hydroxyl groups excluding tert-OH is 1. The van der Waals surface area contributed by atoms with Gasteiger partial charge in [-0.05, 0) is 26.4 Å². The number of hydrogen-bond donors (Lipinski definition) is 2. The van der Waals surface area contributed by atoms with Crippen molar-refractivity contribution in [2.45, 2.75) is 32.8 Å². The highest BCUT2D eigenvalue weighted by atomic mass is 16.3. The molecule has 4 nitrogen and oxygen atoms in total. The molecule has 0 rings (SSSR count). The molecule has 0 aromatic heterocycles. The van der Waals surface area contributed by atoms with E-state index in [9.17, 15) is 9.90 Å². The number of carbonyl (C=O) groups is 1.